The lowest BCUT2D eigenvalue weighted by Gasteiger charge is -2.13. The monoisotopic (exact) mass is 273 g/mol. The molecule has 106 valence electrons. The Labute approximate surface area is 118 Å². The van der Waals surface area contributed by atoms with Gasteiger partial charge in [-0.25, -0.2) is 0 Å². The van der Waals surface area contributed by atoms with E-state index >= 15 is 0 Å². The number of benzene rings is 1. The van der Waals surface area contributed by atoms with Crippen molar-refractivity contribution in [2.75, 3.05) is 5.73 Å². The Hall–Kier alpha value is -2.30. The average molecular weight is 273 g/mol. The van der Waals surface area contributed by atoms with Crippen molar-refractivity contribution in [1.29, 1.82) is 0 Å². The van der Waals surface area contributed by atoms with Gasteiger partial charge in [-0.3, -0.25) is 4.79 Å². The Morgan fingerprint density at radius 3 is 2.40 bits per heavy atom. The standard InChI is InChI=1S/C15H19N3O2/c1-15(2,3)12-9-13(16)18(17-12)14(20)8-10-4-6-11(19)7-5-10/h4-7,9,19H,8,16H2,1-3H3. The summed E-state index contributed by atoms with van der Waals surface area (Å²) in [4.78, 5) is 12.2. The highest BCUT2D eigenvalue weighted by Gasteiger charge is 2.21. The van der Waals surface area contributed by atoms with Crippen molar-refractivity contribution in [2.24, 2.45) is 0 Å². The van der Waals surface area contributed by atoms with Crippen molar-refractivity contribution >= 4 is 11.7 Å². The maximum Gasteiger partial charge on any atom is 0.253 e. The molecule has 0 atom stereocenters. The molecule has 0 fully saturated rings. The van der Waals surface area contributed by atoms with Crippen LogP contribution in [0.5, 0.6) is 5.75 Å². The highest BCUT2D eigenvalue weighted by Crippen LogP contribution is 2.22. The van der Waals surface area contributed by atoms with Crippen molar-refractivity contribution in [2.45, 2.75) is 32.6 Å². The molecule has 3 N–H and O–H groups in total. The van der Waals surface area contributed by atoms with Crippen LogP contribution in [0.3, 0.4) is 0 Å². The molecule has 0 radical (unpaired) electrons. The number of aromatic hydroxyl groups is 1. The molecule has 0 saturated carbocycles. The Morgan fingerprint density at radius 2 is 1.90 bits per heavy atom. The first-order valence-corrected chi connectivity index (χ1v) is 6.44. The molecule has 0 aliphatic rings. The summed E-state index contributed by atoms with van der Waals surface area (Å²) in [5, 5.41) is 13.5. The van der Waals surface area contributed by atoms with Crippen molar-refractivity contribution in [3.63, 3.8) is 0 Å². The molecule has 1 heterocycles. The molecule has 0 spiro atoms. The van der Waals surface area contributed by atoms with E-state index in [1.54, 1.807) is 30.3 Å². The zero-order chi connectivity index (χ0) is 14.9. The first-order chi connectivity index (χ1) is 9.27. The average Bonchev–Trinajstić information content (AvgIpc) is 2.74. The lowest BCUT2D eigenvalue weighted by Crippen LogP contribution is -2.19. The van der Waals surface area contributed by atoms with Crippen LogP contribution in [0.2, 0.25) is 0 Å². The quantitative estimate of drug-likeness (QED) is 0.880. The number of hydrogen-bond acceptors (Lipinski definition) is 4. The van der Waals surface area contributed by atoms with Crippen LogP contribution in [-0.4, -0.2) is 20.8 Å². The Bertz CT molecular complexity index is 622. The number of phenolic OH excluding ortho intramolecular Hbond substituents is 1. The summed E-state index contributed by atoms with van der Waals surface area (Å²) in [5.74, 6) is 0.331. The number of nitrogens with two attached hydrogens (primary N) is 1. The second-order valence-electron chi connectivity index (χ2n) is 5.85. The highest BCUT2D eigenvalue weighted by atomic mass is 16.3. The van der Waals surface area contributed by atoms with Crippen LogP contribution in [0.15, 0.2) is 30.3 Å². The number of nitrogens with zero attached hydrogens (tertiary/aromatic N) is 2. The van der Waals surface area contributed by atoms with Crippen LogP contribution < -0.4 is 5.73 Å². The molecule has 0 amide bonds. The van der Waals surface area contributed by atoms with E-state index in [1.165, 1.54) is 4.68 Å². The smallest absolute Gasteiger partial charge is 0.253 e. The van der Waals surface area contributed by atoms with Crippen molar-refractivity contribution in [3.05, 3.63) is 41.6 Å². The number of anilines is 1. The van der Waals surface area contributed by atoms with Gasteiger partial charge in [0.25, 0.3) is 5.91 Å². The summed E-state index contributed by atoms with van der Waals surface area (Å²) < 4.78 is 1.24. The van der Waals surface area contributed by atoms with Crippen LogP contribution in [0.25, 0.3) is 0 Å². The molecule has 2 aromatic rings. The van der Waals surface area contributed by atoms with Crippen molar-refractivity contribution < 1.29 is 9.90 Å². The minimum atomic E-state index is -0.191. The van der Waals surface area contributed by atoms with Gasteiger partial charge >= 0.3 is 0 Å². The molecule has 1 aromatic carbocycles. The molecule has 5 heteroatoms. The Morgan fingerprint density at radius 1 is 1.30 bits per heavy atom. The fraction of sp³-hybridized carbons (Fsp3) is 0.333. The van der Waals surface area contributed by atoms with Crippen molar-refractivity contribution in [1.82, 2.24) is 9.78 Å². The van der Waals surface area contributed by atoms with E-state index in [0.29, 0.717) is 5.82 Å². The normalized spacial score (nSPS) is 11.6. The van der Waals surface area contributed by atoms with E-state index in [1.807, 2.05) is 20.8 Å². The molecule has 0 aliphatic heterocycles. The first-order valence-electron chi connectivity index (χ1n) is 6.44. The SMILES string of the molecule is CC(C)(C)c1cc(N)n(C(=O)Cc2ccc(O)cc2)n1. The summed E-state index contributed by atoms with van der Waals surface area (Å²) in [6.45, 7) is 6.05. The van der Waals surface area contributed by atoms with Gasteiger partial charge in [0, 0.05) is 11.5 Å². The number of aromatic nitrogens is 2. The third kappa shape index (κ3) is 2.99. The van der Waals surface area contributed by atoms with Gasteiger partial charge < -0.3 is 10.8 Å². The number of nitrogen functional groups attached to an aromatic ring is 1. The van der Waals surface area contributed by atoms with E-state index in [2.05, 4.69) is 5.10 Å². The first kappa shape index (κ1) is 14.1. The summed E-state index contributed by atoms with van der Waals surface area (Å²) in [6, 6.07) is 8.25. The zero-order valence-electron chi connectivity index (χ0n) is 11.9. The van der Waals surface area contributed by atoms with Gasteiger partial charge in [-0.2, -0.15) is 9.78 Å². The Balaban J connectivity index is 2.21. The van der Waals surface area contributed by atoms with Gasteiger partial charge in [0.15, 0.2) is 0 Å². The minimum Gasteiger partial charge on any atom is -0.508 e. The predicted octanol–water partition coefficient (Wildman–Crippen LogP) is 2.35. The molecule has 2 rings (SSSR count). The molecule has 0 bridgehead atoms. The van der Waals surface area contributed by atoms with E-state index in [9.17, 15) is 9.90 Å². The van der Waals surface area contributed by atoms with Gasteiger partial charge in [0.1, 0.15) is 11.6 Å². The van der Waals surface area contributed by atoms with E-state index in [-0.39, 0.29) is 23.5 Å². The summed E-state index contributed by atoms with van der Waals surface area (Å²) in [7, 11) is 0. The maximum atomic E-state index is 12.2. The molecule has 5 nitrogen and oxygen atoms in total. The largest absolute Gasteiger partial charge is 0.508 e. The van der Waals surface area contributed by atoms with Crippen LogP contribution >= 0.6 is 0 Å². The number of phenols is 1. The zero-order valence-corrected chi connectivity index (χ0v) is 11.9. The lowest BCUT2D eigenvalue weighted by molar-refractivity contribution is 0.0900. The third-order valence-corrected chi connectivity index (χ3v) is 3.03. The number of carbonyl (C=O) groups excluding carboxylic acids is 1. The number of carbonyl (C=O) groups is 1. The fourth-order valence-corrected chi connectivity index (χ4v) is 1.83. The van der Waals surface area contributed by atoms with Gasteiger partial charge in [-0.05, 0) is 17.7 Å². The maximum absolute atomic E-state index is 12.2. The van der Waals surface area contributed by atoms with E-state index < -0.39 is 0 Å². The molecular weight excluding hydrogens is 254 g/mol. The van der Waals surface area contributed by atoms with E-state index in [4.69, 9.17) is 5.73 Å². The fourth-order valence-electron chi connectivity index (χ4n) is 1.83. The molecule has 0 aliphatic carbocycles. The highest BCUT2D eigenvalue weighted by molar-refractivity contribution is 5.83. The summed E-state index contributed by atoms with van der Waals surface area (Å²) >= 11 is 0. The third-order valence-electron chi connectivity index (χ3n) is 3.03. The topological polar surface area (TPSA) is 81.1 Å². The molecule has 0 unspecified atom stereocenters. The van der Waals surface area contributed by atoms with Gasteiger partial charge in [-0.1, -0.05) is 32.9 Å². The minimum absolute atomic E-state index is 0.155. The number of hydrogen-bond donors (Lipinski definition) is 2. The summed E-state index contributed by atoms with van der Waals surface area (Å²) in [5.41, 5.74) is 7.29. The Kier molecular flexibility index (Phi) is 3.53. The van der Waals surface area contributed by atoms with E-state index in [0.717, 1.165) is 11.3 Å². The number of rotatable bonds is 2. The van der Waals surface area contributed by atoms with Gasteiger partial charge in [0.05, 0.1) is 12.1 Å². The second kappa shape index (κ2) is 5.00. The molecule has 20 heavy (non-hydrogen) atoms. The molecule has 0 saturated heterocycles. The molecule has 1 aromatic heterocycles. The van der Waals surface area contributed by atoms with Crippen LogP contribution in [0.4, 0.5) is 5.82 Å². The van der Waals surface area contributed by atoms with Crippen LogP contribution in [0.1, 0.15) is 36.8 Å². The van der Waals surface area contributed by atoms with Crippen LogP contribution in [-0.2, 0) is 11.8 Å². The summed E-state index contributed by atoms with van der Waals surface area (Å²) in [6.07, 6.45) is 0.190. The van der Waals surface area contributed by atoms with Crippen LogP contribution in [0, 0.1) is 0 Å². The van der Waals surface area contributed by atoms with Gasteiger partial charge in [0.2, 0.25) is 0 Å². The second-order valence-corrected chi connectivity index (χ2v) is 5.85. The van der Waals surface area contributed by atoms with Crippen molar-refractivity contribution in [3.8, 4) is 5.75 Å². The molecular formula is C15H19N3O2. The lowest BCUT2D eigenvalue weighted by atomic mass is 9.92. The van der Waals surface area contributed by atoms with Gasteiger partial charge in [-0.15, -0.1) is 0 Å². The predicted molar refractivity (Wildman–Crippen MR) is 77.8 cm³/mol.